The van der Waals surface area contributed by atoms with E-state index >= 15 is 0 Å². The first-order valence-electron chi connectivity index (χ1n) is 3.81. The van der Waals surface area contributed by atoms with Gasteiger partial charge in [-0.2, -0.15) is 0 Å². The molecule has 0 amide bonds. The van der Waals surface area contributed by atoms with E-state index in [1.807, 2.05) is 6.92 Å². The Morgan fingerprint density at radius 3 is 2.08 bits per heavy atom. The van der Waals surface area contributed by atoms with E-state index in [0.29, 0.717) is 0 Å². The first-order valence-corrected chi connectivity index (χ1v) is 5.30. The SMILES string of the molecule is CC(=N)S(=O)(=O)c1ccc(C)cc1. The molecule has 1 aromatic carbocycles. The molecule has 1 aromatic rings. The van der Waals surface area contributed by atoms with E-state index in [1.54, 1.807) is 12.1 Å². The van der Waals surface area contributed by atoms with Crippen molar-refractivity contribution in [1.29, 1.82) is 5.41 Å². The van der Waals surface area contributed by atoms with Gasteiger partial charge in [0.05, 0.1) is 4.90 Å². The summed E-state index contributed by atoms with van der Waals surface area (Å²) in [6.45, 7) is 3.16. The van der Waals surface area contributed by atoms with Crippen LogP contribution in [0.3, 0.4) is 0 Å². The van der Waals surface area contributed by atoms with Crippen LogP contribution in [0.4, 0.5) is 0 Å². The number of aryl methyl sites for hydroxylation is 1. The third-order valence-corrected chi connectivity index (χ3v) is 3.43. The highest BCUT2D eigenvalue weighted by atomic mass is 32.2. The summed E-state index contributed by atoms with van der Waals surface area (Å²) in [6.07, 6.45) is 0. The molecule has 0 radical (unpaired) electrons. The van der Waals surface area contributed by atoms with Crippen LogP contribution in [0, 0.1) is 12.3 Å². The molecule has 13 heavy (non-hydrogen) atoms. The molecule has 0 aliphatic heterocycles. The van der Waals surface area contributed by atoms with E-state index < -0.39 is 9.84 Å². The van der Waals surface area contributed by atoms with E-state index in [4.69, 9.17) is 5.41 Å². The highest BCUT2D eigenvalue weighted by Gasteiger charge is 2.15. The summed E-state index contributed by atoms with van der Waals surface area (Å²) in [5.41, 5.74) is 1.00. The van der Waals surface area contributed by atoms with Crippen molar-refractivity contribution in [2.45, 2.75) is 18.7 Å². The summed E-state index contributed by atoms with van der Waals surface area (Å²) in [5, 5.41) is 6.78. The van der Waals surface area contributed by atoms with E-state index in [1.165, 1.54) is 19.1 Å². The Hall–Kier alpha value is -1.16. The largest absolute Gasteiger partial charge is 0.294 e. The molecule has 70 valence electrons. The number of rotatable bonds is 1. The molecule has 0 saturated heterocycles. The van der Waals surface area contributed by atoms with Crippen LogP contribution >= 0.6 is 0 Å². The van der Waals surface area contributed by atoms with Crippen molar-refractivity contribution in [1.82, 2.24) is 0 Å². The maximum Gasteiger partial charge on any atom is 0.218 e. The zero-order chi connectivity index (χ0) is 10.1. The van der Waals surface area contributed by atoms with Gasteiger partial charge >= 0.3 is 0 Å². The van der Waals surface area contributed by atoms with Crippen LogP contribution in [0.5, 0.6) is 0 Å². The Morgan fingerprint density at radius 1 is 1.23 bits per heavy atom. The molecule has 0 unspecified atom stereocenters. The van der Waals surface area contributed by atoms with E-state index in [2.05, 4.69) is 0 Å². The molecule has 1 N–H and O–H groups in total. The second kappa shape index (κ2) is 3.30. The second-order valence-corrected chi connectivity index (χ2v) is 4.96. The average Bonchev–Trinajstić information content (AvgIpc) is 2.04. The Morgan fingerprint density at radius 2 is 1.69 bits per heavy atom. The van der Waals surface area contributed by atoms with Crippen LogP contribution < -0.4 is 0 Å². The quantitative estimate of drug-likeness (QED) is 0.551. The third kappa shape index (κ3) is 1.95. The lowest BCUT2D eigenvalue weighted by Gasteiger charge is -2.01. The van der Waals surface area contributed by atoms with Crippen LogP contribution in [-0.2, 0) is 9.84 Å². The number of hydrogen-bond donors (Lipinski definition) is 1. The van der Waals surface area contributed by atoms with Gasteiger partial charge in [-0.05, 0) is 26.0 Å². The lowest BCUT2D eigenvalue weighted by atomic mass is 10.2. The minimum Gasteiger partial charge on any atom is -0.294 e. The van der Waals surface area contributed by atoms with E-state index in [-0.39, 0.29) is 9.94 Å². The zero-order valence-corrected chi connectivity index (χ0v) is 8.35. The third-order valence-electron chi connectivity index (χ3n) is 1.73. The fourth-order valence-corrected chi connectivity index (χ4v) is 1.74. The lowest BCUT2D eigenvalue weighted by Crippen LogP contribution is -2.09. The van der Waals surface area contributed by atoms with Crippen molar-refractivity contribution < 1.29 is 8.42 Å². The van der Waals surface area contributed by atoms with Crippen molar-refractivity contribution in [3.8, 4) is 0 Å². The van der Waals surface area contributed by atoms with Gasteiger partial charge in [-0.25, -0.2) is 8.42 Å². The van der Waals surface area contributed by atoms with Crippen molar-refractivity contribution in [2.75, 3.05) is 0 Å². The first kappa shape index (κ1) is 9.92. The van der Waals surface area contributed by atoms with Crippen LogP contribution in [-0.4, -0.2) is 13.5 Å². The van der Waals surface area contributed by atoms with Gasteiger partial charge in [-0.15, -0.1) is 0 Å². The standard InChI is InChI=1S/C9H11NO2S/c1-7-3-5-9(6-4-7)13(11,12)8(2)10/h3-6,10H,1-2H3. The minimum atomic E-state index is -3.51. The van der Waals surface area contributed by atoms with Crippen molar-refractivity contribution in [3.63, 3.8) is 0 Å². The van der Waals surface area contributed by atoms with Crippen LogP contribution in [0.1, 0.15) is 12.5 Å². The summed E-state index contributed by atoms with van der Waals surface area (Å²) in [7, 11) is -3.51. The normalized spacial score (nSPS) is 11.2. The predicted octanol–water partition coefficient (Wildman–Crippen LogP) is 1.77. The maximum atomic E-state index is 11.4. The van der Waals surface area contributed by atoms with Gasteiger partial charge in [-0.3, -0.25) is 5.41 Å². The Kier molecular flexibility index (Phi) is 2.52. The number of sulfone groups is 1. The molecule has 0 atom stereocenters. The Balaban J connectivity index is 3.25. The van der Waals surface area contributed by atoms with Crippen LogP contribution in [0.25, 0.3) is 0 Å². The zero-order valence-electron chi connectivity index (χ0n) is 7.53. The Bertz CT molecular complexity index is 417. The van der Waals surface area contributed by atoms with Crippen molar-refractivity contribution in [3.05, 3.63) is 29.8 Å². The lowest BCUT2D eigenvalue weighted by molar-refractivity contribution is 0.606. The molecular weight excluding hydrogens is 186 g/mol. The molecule has 0 bridgehead atoms. The monoisotopic (exact) mass is 197 g/mol. The van der Waals surface area contributed by atoms with E-state index in [0.717, 1.165) is 5.56 Å². The molecule has 0 heterocycles. The van der Waals surface area contributed by atoms with Gasteiger partial charge in [-0.1, -0.05) is 17.7 Å². The van der Waals surface area contributed by atoms with Gasteiger partial charge in [0.15, 0.2) is 0 Å². The molecule has 4 heteroatoms. The number of hydrogen-bond acceptors (Lipinski definition) is 3. The highest BCUT2D eigenvalue weighted by molar-refractivity contribution is 8.06. The van der Waals surface area contributed by atoms with Crippen molar-refractivity contribution in [2.24, 2.45) is 0 Å². The summed E-state index contributed by atoms with van der Waals surface area (Å²) < 4.78 is 22.8. The van der Waals surface area contributed by atoms with Crippen LogP contribution in [0.2, 0.25) is 0 Å². The molecule has 0 fully saturated rings. The fourth-order valence-electron chi connectivity index (χ4n) is 0.894. The second-order valence-electron chi connectivity index (χ2n) is 2.87. The molecule has 0 aliphatic rings. The topological polar surface area (TPSA) is 58.0 Å². The van der Waals surface area contributed by atoms with Crippen molar-refractivity contribution >= 4 is 14.9 Å². The van der Waals surface area contributed by atoms with Gasteiger partial charge in [0.2, 0.25) is 9.84 Å². The Labute approximate surface area is 77.8 Å². The average molecular weight is 197 g/mol. The molecule has 3 nitrogen and oxygen atoms in total. The van der Waals surface area contributed by atoms with Gasteiger partial charge < -0.3 is 0 Å². The molecule has 1 rings (SSSR count). The first-order chi connectivity index (χ1) is 5.94. The molecule has 0 spiro atoms. The summed E-state index contributed by atoms with van der Waals surface area (Å²) in [4.78, 5) is 0.186. The molecule has 0 aliphatic carbocycles. The van der Waals surface area contributed by atoms with Gasteiger partial charge in [0.25, 0.3) is 0 Å². The summed E-state index contributed by atoms with van der Waals surface area (Å²) in [5.74, 6) is 0. The maximum absolute atomic E-state index is 11.4. The summed E-state index contributed by atoms with van der Waals surface area (Å²) >= 11 is 0. The number of nitrogens with one attached hydrogen (secondary N) is 1. The fraction of sp³-hybridized carbons (Fsp3) is 0.222. The summed E-state index contributed by atoms with van der Waals surface area (Å²) in [6, 6.07) is 6.47. The molecule has 0 saturated carbocycles. The van der Waals surface area contributed by atoms with Gasteiger partial charge in [0.1, 0.15) is 5.04 Å². The predicted molar refractivity (Wildman–Crippen MR) is 51.8 cm³/mol. The molecule has 0 aromatic heterocycles. The highest BCUT2D eigenvalue weighted by Crippen LogP contribution is 2.12. The minimum absolute atomic E-state index is 0.186. The molecular formula is C9H11NO2S. The smallest absolute Gasteiger partial charge is 0.218 e. The van der Waals surface area contributed by atoms with Crippen LogP contribution in [0.15, 0.2) is 29.2 Å². The van der Waals surface area contributed by atoms with Gasteiger partial charge in [0, 0.05) is 0 Å². The number of benzene rings is 1. The van der Waals surface area contributed by atoms with E-state index in [9.17, 15) is 8.42 Å².